The van der Waals surface area contributed by atoms with Crippen LogP contribution in [-0.4, -0.2) is 19.2 Å². The fourth-order valence-electron chi connectivity index (χ4n) is 3.01. The summed E-state index contributed by atoms with van der Waals surface area (Å²) in [6.07, 6.45) is 0. The van der Waals surface area contributed by atoms with Gasteiger partial charge in [0.2, 0.25) is 0 Å². The number of ether oxygens (including phenoxy) is 2. The van der Waals surface area contributed by atoms with Crippen LogP contribution in [0.2, 0.25) is 0 Å². The Kier molecular flexibility index (Phi) is 5.82. The van der Waals surface area contributed by atoms with Gasteiger partial charge in [0.25, 0.3) is 0 Å². The van der Waals surface area contributed by atoms with Crippen molar-refractivity contribution in [2.24, 2.45) is 0 Å². The van der Waals surface area contributed by atoms with E-state index in [0.717, 1.165) is 5.56 Å². The van der Waals surface area contributed by atoms with Gasteiger partial charge in [0.05, 0.1) is 14.2 Å². The topological polar surface area (TPSA) is 117 Å². The van der Waals surface area contributed by atoms with Crippen LogP contribution in [0.1, 0.15) is 16.7 Å². The van der Waals surface area contributed by atoms with Crippen LogP contribution in [0.25, 0.3) is 11.1 Å². The Morgan fingerprint density at radius 3 is 2.34 bits per heavy atom. The maximum absolute atomic E-state index is 9.91. The van der Waals surface area contributed by atoms with Gasteiger partial charge >= 0.3 is 0 Å². The summed E-state index contributed by atoms with van der Waals surface area (Å²) >= 11 is 0. The van der Waals surface area contributed by atoms with E-state index >= 15 is 0 Å². The third kappa shape index (κ3) is 3.90. The Bertz CT molecular complexity index is 1110. The van der Waals surface area contributed by atoms with Crippen molar-refractivity contribution in [1.29, 1.82) is 10.5 Å². The Hall–Kier alpha value is -4.23. The first-order chi connectivity index (χ1) is 14.1. The predicted octanol–water partition coefficient (Wildman–Crippen LogP) is 3.70. The average molecular weight is 385 g/mol. The molecule has 0 saturated heterocycles. The first-order valence-electron chi connectivity index (χ1n) is 8.76. The number of hydrogen-bond donors (Lipinski definition) is 2. The summed E-state index contributed by atoms with van der Waals surface area (Å²) in [5, 5.41) is 22.8. The smallest absolute Gasteiger partial charge is 0.147 e. The van der Waals surface area contributed by atoms with Gasteiger partial charge in [-0.2, -0.15) is 10.5 Å². The minimum Gasteiger partial charge on any atom is -0.497 e. The van der Waals surface area contributed by atoms with E-state index in [0.29, 0.717) is 35.0 Å². The van der Waals surface area contributed by atoms with Gasteiger partial charge in [-0.15, -0.1) is 0 Å². The number of nitrogens with one attached hydrogen (secondary N) is 1. The zero-order chi connectivity index (χ0) is 20.8. The van der Waals surface area contributed by atoms with Gasteiger partial charge in [0.1, 0.15) is 46.4 Å². The molecule has 0 atom stereocenters. The highest BCUT2D eigenvalue weighted by molar-refractivity contribution is 5.88. The molecule has 2 aromatic carbocycles. The normalized spacial score (nSPS) is 9.93. The van der Waals surface area contributed by atoms with E-state index in [1.54, 1.807) is 18.2 Å². The quantitative estimate of drug-likeness (QED) is 0.664. The summed E-state index contributed by atoms with van der Waals surface area (Å²) in [5.74, 6) is 1.37. The maximum atomic E-state index is 9.91. The summed E-state index contributed by atoms with van der Waals surface area (Å²) in [6, 6.07) is 19.1. The molecule has 3 N–H and O–H groups in total. The fourth-order valence-corrected chi connectivity index (χ4v) is 3.01. The molecule has 1 aromatic heterocycles. The number of pyridine rings is 1. The summed E-state index contributed by atoms with van der Waals surface area (Å²) in [5.41, 5.74) is 8.28. The Labute approximate surface area is 168 Å². The molecule has 0 spiro atoms. The summed E-state index contributed by atoms with van der Waals surface area (Å²) in [7, 11) is 3.05. The van der Waals surface area contributed by atoms with E-state index in [1.165, 1.54) is 14.2 Å². The highest BCUT2D eigenvalue weighted by Gasteiger charge is 2.23. The number of nitrogens with two attached hydrogens (primary N) is 1. The molecule has 3 rings (SSSR count). The minimum absolute atomic E-state index is 0.0296. The van der Waals surface area contributed by atoms with Crippen molar-refractivity contribution in [2.45, 2.75) is 6.54 Å². The molecule has 0 radical (unpaired) electrons. The van der Waals surface area contributed by atoms with Crippen LogP contribution in [0.15, 0.2) is 48.5 Å². The molecule has 144 valence electrons. The predicted molar refractivity (Wildman–Crippen MR) is 110 cm³/mol. The lowest BCUT2D eigenvalue weighted by molar-refractivity contribution is 0.404. The molecule has 0 aliphatic rings. The molecular weight excluding hydrogens is 366 g/mol. The SMILES string of the molecule is COc1ccc(OC)c(-c2c(C#N)c(N)nc(NCc3ccccc3)c2C#N)c1. The number of anilines is 2. The van der Waals surface area contributed by atoms with Gasteiger partial charge in [0.15, 0.2) is 0 Å². The van der Waals surface area contributed by atoms with Crippen LogP contribution in [-0.2, 0) is 6.54 Å². The second-order valence-corrected chi connectivity index (χ2v) is 6.10. The lowest BCUT2D eigenvalue weighted by atomic mass is 9.95. The first kappa shape index (κ1) is 19.5. The minimum atomic E-state index is 0.0296. The van der Waals surface area contributed by atoms with Gasteiger partial charge in [-0.25, -0.2) is 4.98 Å². The highest BCUT2D eigenvalue weighted by Crippen LogP contribution is 2.40. The zero-order valence-electron chi connectivity index (χ0n) is 16.1. The van der Waals surface area contributed by atoms with Gasteiger partial charge in [-0.1, -0.05) is 30.3 Å². The summed E-state index contributed by atoms with van der Waals surface area (Å²) in [6.45, 7) is 0.447. The number of nitrogen functional groups attached to an aromatic ring is 1. The number of methoxy groups -OCH3 is 2. The highest BCUT2D eigenvalue weighted by atomic mass is 16.5. The molecule has 0 aliphatic heterocycles. The Balaban J connectivity index is 2.20. The molecule has 7 heteroatoms. The molecule has 0 aliphatic carbocycles. The zero-order valence-corrected chi connectivity index (χ0v) is 16.1. The van der Waals surface area contributed by atoms with Crippen LogP contribution in [0, 0.1) is 22.7 Å². The van der Waals surface area contributed by atoms with Crippen molar-refractivity contribution in [3.8, 4) is 34.8 Å². The summed E-state index contributed by atoms with van der Waals surface area (Å²) < 4.78 is 10.8. The monoisotopic (exact) mass is 385 g/mol. The number of nitrogens with zero attached hydrogens (tertiary/aromatic N) is 3. The van der Waals surface area contributed by atoms with Crippen molar-refractivity contribution in [3.63, 3.8) is 0 Å². The average Bonchev–Trinajstić information content (AvgIpc) is 2.77. The Morgan fingerprint density at radius 2 is 1.72 bits per heavy atom. The fraction of sp³-hybridized carbons (Fsp3) is 0.136. The molecule has 0 saturated carbocycles. The number of hydrogen-bond acceptors (Lipinski definition) is 7. The molecular formula is C22H19N5O2. The van der Waals surface area contributed by atoms with Crippen LogP contribution >= 0.6 is 0 Å². The van der Waals surface area contributed by atoms with E-state index in [-0.39, 0.29) is 16.9 Å². The van der Waals surface area contributed by atoms with Crippen molar-refractivity contribution < 1.29 is 9.47 Å². The largest absolute Gasteiger partial charge is 0.497 e. The molecule has 7 nitrogen and oxygen atoms in total. The van der Waals surface area contributed by atoms with E-state index in [1.807, 2.05) is 30.3 Å². The van der Waals surface area contributed by atoms with Crippen molar-refractivity contribution in [2.75, 3.05) is 25.3 Å². The van der Waals surface area contributed by atoms with Gasteiger partial charge in [-0.05, 0) is 23.8 Å². The number of aromatic nitrogens is 1. The number of benzene rings is 2. The van der Waals surface area contributed by atoms with Gasteiger partial charge in [0, 0.05) is 17.7 Å². The van der Waals surface area contributed by atoms with Crippen molar-refractivity contribution in [1.82, 2.24) is 4.98 Å². The van der Waals surface area contributed by atoms with Crippen molar-refractivity contribution >= 4 is 11.6 Å². The summed E-state index contributed by atoms with van der Waals surface area (Å²) in [4.78, 5) is 4.26. The van der Waals surface area contributed by atoms with Crippen LogP contribution in [0.3, 0.4) is 0 Å². The van der Waals surface area contributed by atoms with E-state index < -0.39 is 0 Å². The van der Waals surface area contributed by atoms with E-state index in [4.69, 9.17) is 15.2 Å². The molecule has 0 amide bonds. The first-order valence-corrected chi connectivity index (χ1v) is 8.76. The second kappa shape index (κ2) is 8.64. The molecule has 1 heterocycles. The number of rotatable bonds is 6. The van der Waals surface area contributed by atoms with Gasteiger partial charge in [-0.3, -0.25) is 0 Å². The molecule has 3 aromatic rings. The standard InChI is InChI=1S/C22H19N5O2/c1-28-15-8-9-19(29-2)16(10-15)20-17(11-23)21(25)27-22(18(20)12-24)26-13-14-6-4-3-5-7-14/h3-10H,13H2,1-2H3,(H3,25,26,27). The third-order valence-corrected chi connectivity index (χ3v) is 4.43. The third-order valence-electron chi connectivity index (χ3n) is 4.43. The van der Waals surface area contributed by atoms with E-state index in [9.17, 15) is 10.5 Å². The Morgan fingerprint density at radius 1 is 1.00 bits per heavy atom. The van der Waals surface area contributed by atoms with Crippen LogP contribution < -0.4 is 20.5 Å². The van der Waals surface area contributed by atoms with Gasteiger partial charge < -0.3 is 20.5 Å². The lowest BCUT2D eigenvalue weighted by Gasteiger charge is -2.17. The van der Waals surface area contributed by atoms with Crippen molar-refractivity contribution in [3.05, 3.63) is 65.2 Å². The number of nitriles is 2. The maximum Gasteiger partial charge on any atom is 0.147 e. The lowest BCUT2D eigenvalue weighted by Crippen LogP contribution is -2.09. The molecule has 29 heavy (non-hydrogen) atoms. The van der Waals surface area contributed by atoms with Crippen LogP contribution in [0.4, 0.5) is 11.6 Å². The second-order valence-electron chi connectivity index (χ2n) is 6.10. The molecule has 0 bridgehead atoms. The molecule has 0 fully saturated rings. The molecule has 0 unspecified atom stereocenters. The van der Waals surface area contributed by atoms with Crippen LogP contribution in [0.5, 0.6) is 11.5 Å². The van der Waals surface area contributed by atoms with E-state index in [2.05, 4.69) is 22.4 Å².